The quantitative estimate of drug-likeness (QED) is 0.557. The van der Waals surface area contributed by atoms with Crippen LogP contribution in [0.25, 0.3) is 0 Å². The average Bonchev–Trinajstić information content (AvgIpc) is 1.93. The van der Waals surface area contributed by atoms with E-state index in [0.29, 0.717) is 11.3 Å². The summed E-state index contributed by atoms with van der Waals surface area (Å²) in [4.78, 5) is 0. The molecule has 0 bridgehead atoms. The van der Waals surface area contributed by atoms with Crippen molar-refractivity contribution in [3.05, 3.63) is 29.8 Å². The van der Waals surface area contributed by atoms with Gasteiger partial charge in [0.1, 0.15) is 10.7 Å². The molecule has 0 spiro atoms. The van der Waals surface area contributed by atoms with Gasteiger partial charge in [-0.15, -0.1) is 12.4 Å². The molecule has 3 nitrogen and oxygen atoms in total. The second kappa shape index (κ2) is 5.00. The molecule has 1 aromatic carbocycles. The van der Waals surface area contributed by atoms with Crippen LogP contribution in [0, 0.1) is 0 Å². The zero-order valence-corrected chi connectivity index (χ0v) is 7.98. The summed E-state index contributed by atoms with van der Waals surface area (Å²) >= 11 is 0. The van der Waals surface area contributed by atoms with E-state index >= 15 is 0 Å². The SMILES string of the molecule is Cl.Nc1ccccc1C[SH](=O)=O. The monoisotopic (exact) mass is 207 g/mol. The molecule has 2 N–H and O–H groups in total. The predicted octanol–water partition coefficient (Wildman–Crippen LogP) is 0.802. The minimum Gasteiger partial charge on any atom is -0.398 e. The van der Waals surface area contributed by atoms with Crippen LogP contribution in [0.2, 0.25) is 0 Å². The lowest BCUT2D eigenvalue weighted by atomic mass is 10.2. The van der Waals surface area contributed by atoms with Gasteiger partial charge >= 0.3 is 0 Å². The van der Waals surface area contributed by atoms with Crippen molar-refractivity contribution in [2.45, 2.75) is 5.75 Å². The molecule has 0 amide bonds. The van der Waals surface area contributed by atoms with E-state index in [9.17, 15) is 8.42 Å². The Morgan fingerprint density at radius 3 is 2.33 bits per heavy atom. The third-order valence-electron chi connectivity index (χ3n) is 1.35. The number of hydrogen-bond acceptors (Lipinski definition) is 3. The maximum absolute atomic E-state index is 10.3. The smallest absolute Gasteiger partial charge is 0.144 e. The predicted molar refractivity (Wildman–Crippen MR) is 52.1 cm³/mol. The number of benzene rings is 1. The maximum atomic E-state index is 10.3. The number of rotatable bonds is 2. The van der Waals surface area contributed by atoms with Crippen LogP contribution in [0.5, 0.6) is 0 Å². The fraction of sp³-hybridized carbons (Fsp3) is 0.143. The number of anilines is 1. The van der Waals surface area contributed by atoms with E-state index in [1.807, 2.05) is 0 Å². The average molecular weight is 208 g/mol. The van der Waals surface area contributed by atoms with Crippen molar-refractivity contribution in [2.75, 3.05) is 5.73 Å². The Morgan fingerprint density at radius 2 is 1.83 bits per heavy atom. The summed E-state index contributed by atoms with van der Waals surface area (Å²) in [5.41, 5.74) is 6.71. The van der Waals surface area contributed by atoms with Crippen molar-refractivity contribution in [2.24, 2.45) is 0 Å². The van der Waals surface area contributed by atoms with Crippen LogP contribution in [-0.2, 0) is 16.5 Å². The second-order valence-electron chi connectivity index (χ2n) is 2.19. The van der Waals surface area contributed by atoms with Gasteiger partial charge in [0.25, 0.3) is 0 Å². The Bertz CT molecular complexity index is 317. The zero-order chi connectivity index (χ0) is 8.27. The van der Waals surface area contributed by atoms with E-state index in [1.54, 1.807) is 24.3 Å². The third-order valence-corrected chi connectivity index (χ3v) is 1.95. The minimum atomic E-state index is -2.37. The first-order valence-electron chi connectivity index (χ1n) is 3.15. The molecule has 5 heteroatoms. The number of para-hydroxylation sites is 1. The fourth-order valence-electron chi connectivity index (χ4n) is 0.817. The van der Waals surface area contributed by atoms with Crippen molar-refractivity contribution in [3.8, 4) is 0 Å². The van der Waals surface area contributed by atoms with Gasteiger partial charge in [0, 0.05) is 5.69 Å². The van der Waals surface area contributed by atoms with E-state index in [-0.39, 0.29) is 18.2 Å². The fourth-order valence-corrected chi connectivity index (χ4v) is 1.38. The van der Waals surface area contributed by atoms with Crippen LogP contribution in [0.1, 0.15) is 5.56 Å². The molecule has 0 saturated carbocycles. The van der Waals surface area contributed by atoms with Gasteiger partial charge in [-0.2, -0.15) is 0 Å². The lowest BCUT2D eigenvalue weighted by Gasteiger charge is -1.98. The van der Waals surface area contributed by atoms with Crippen LogP contribution in [-0.4, -0.2) is 8.42 Å². The van der Waals surface area contributed by atoms with Crippen molar-refractivity contribution in [1.29, 1.82) is 0 Å². The molecule has 0 radical (unpaired) electrons. The molecular formula is C7H10ClNO2S. The molecule has 0 fully saturated rings. The van der Waals surface area contributed by atoms with Gasteiger partial charge in [0.05, 0.1) is 5.75 Å². The summed E-state index contributed by atoms with van der Waals surface area (Å²) < 4.78 is 20.6. The summed E-state index contributed by atoms with van der Waals surface area (Å²) in [7, 11) is -2.37. The molecule has 0 unspecified atom stereocenters. The highest BCUT2D eigenvalue weighted by atomic mass is 35.5. The lowest BCUT2D eigenvalue weighted by Crippen LogP contribution is -1.94. The van der Waals surface area contributed by atoms with Crippen molar-refractivity contribution in [3.63, 3.8) is 0 Å². The molecule has 1 rings (SSSR count). The number of hydrogen-bond donors (Lipinski definition) is 2. The largest absolute Gasteiger partial charge is 0.398 e. The van der Waals surface area contributed by atoms with E-state index < -0.39 is 10.7 Å². The Balaban J connectivity index is 0.00000121. The second-order valence-corrected chi connectivity index (χ2v) is 3.17. The highest BCUT2D eigenvalue weighted by molar-refractivity contribution is 7.71. The zero-order valence-electron chi connectivity index (χ0n) is 6.27. The summed E-state index contributed by atoms with van der Waals surface area (Å²) in [5, 5.41) is 0. The van der Waals surface area contributed by atoms with Gasteiger partial charge in [-0.05, 0) is 11.6 Å². The Labute approximate surface area is 78.9 Å². The van der Waals surface area contributed by atoms with Gasteiger partial charge in [0.2, 0.25) is 0 Å². The number of nitrogen functional groups attached to an aromatic ring is 1. The molecule has 0 heterocycles. The number of nitrogens with two attached hydrogens (primary N) is 1. The van der Waals surface area contributed by atoms with E-state index in [4.69, 9.17) is 5.73 Å². The summed E-state index contributed by atoms with van der Waals surface area (Å²) in [5.74, 6) is 0.0298. The molecule has 68 valence electrons. The highest BCUT2D eigenvalue weighted by Crippen LogP contribution is 2.10. The van der Waals surface area contributed by atoms with Gasteiger partial charge in [-0.25, -0.2) is 8.42 Å². The van der Waals surface area contributed by atoms with Crippen LogP contribution in [0.15, 0.2) is 24.3 Å². The summed E-state index contributed by atoms with van der Waals surface area (Å²) in [6.45, 7) is 0. The van der Waals surface area contributed by atoms with E-state index in [0.717, 1.165) is 0 Å². The molecule has 0 saturated heterocycles. The molecule has 0 aliphatic heterocycles. The van der Waals surface area contributed by atoms with Crippen LogP contribution in [0.4, 0.5) is 5.69 Å². The molecule has 0 aliphatic rings. The first-order chi connectivity index (χ1) is 5.20. The Kier molecular flexibility index (Phi) is 4.70. The maximum Gasteiger partial charge on any atom is 0.144 e. The Morgan fingerprint density at radius 1 is 1.25 bits per heavy atom. The molecule has 0 atom stereocenters. The standard InChI is InChI=1S/C7H9NO2S.ClH/c8-7-4-2-1-3-6(7)5-11(9)10;/h1-4,11H,5,8H2;1H. The van der Waals surface area contributed by atoms with E-state index in [2.05, 4.69) is 0 Å². The topological polar surface area (TPSA) is 60.2 Å². The van der Waals surface area contributed by atoms with Gasteiger partial charge in [-0.3, -0.25) is 0 Å². The van der Waals surface area contributed by atoms with Crippen LogP contribution >= 0.6 is 12.4 Å². The van der Waals surface area contributed by atoms with Gasteiger partial charge in [-0.1, -0.05) is 18.2 Å². The Hall–Kier alpha value is -0.740. The normalized spacial score (nSPS) is 9.42. The molecular weight excluding hydrogens is 198 g/mol. The minimum absolute atomic E-state index is 0. The third kappa shape index (κ3) is 3.11. The van der Waals surface area contributed by atoms with Crippen molar-refractivity contribution in [1.82, 2.24) is 0 Å². The van der Waals surface area contributed by atoms with Crippen molar-refractivity contribution < 1.29 is 8.42 Å². The summed E-state index contributed by atoms with van der Waals surface area (Å²) in [6.07, 6.45) is 0. The summed E-state index contributed by atoms with van der Waals surface area (Å²) in [6, 6.07) is 6.94. The highest BCUT2D eigenvalue weighted by Gasteiger charge is 1.96. The molecule has 12 heavy (non-hydrogen) atoms. The first kappa shape index (κ1) is 11.3. The van der Waals surface area contributed by atoms with Crippen LogP contribution in [0.3, 0.4) is 0 Å². The van der Waals surface area contributed by atoms with Gasteiger partial charge in [0.15, 0.2) is 0 Å². The lowest BCUT2D eigenvalue weighted by molar-refractivity contribution is 0.614. The van der Waals surface area contributed by atoms with Crippen molar-refractivity contribution >= 4 is 28.8 Å². The first-order valence-corrected chi connectivity index (χ1v) is 4.51. The van der Waals surface area contributed by atoms with Crippen LogP contribution < -0.4 is 5.73 Å². The number of halogens is 1. The molecule has 0 aromatic heterocycles. The van der Waals surface area contributed by atoms with Gasteiger partial charge < -0.3 is 5.73 Å². The molecule has 0 aliphatic carbocycles. The molecule has 1 aromatic rings. The van der Waals surface area contributed by atoms with E-state index in [1.165, 1.54) is 0 Å². The number of thiol groups is 1.